The van der Waals surface area contributed by atoms with Gasteiger partial charge < -0.3 is 0 Å². The molecule has 1 heterocycles. The SMILES string of the molecule is S=c1[15nH][15n](-c2ccccc2)c(-c2ccccc2)[15n+]1-c1ccccc1. The van der Waals surface area contributed by atoms with Crippen LogP contribution < -0.4 is 4.57 Å². The summed E-state index contributed by atoms with van der Waals surface area (Å²) in [4.78, 5) is 0. The van der Waals surface area contributed by atoms with E-state index in [1.165, 1.54) is 0 Å². The molecule has 0 amide bonds. The summed E-state index contributed by atoms with van der Waals surface area (Å²) < 4.78 is 4.76. The molecular formula is C20H16N3S+. The summed E-state index contributed by atoms with van der Waals surface area (Å²) in [5.41, 5.74) is 3.17. The molecule has 4 rings (SSSR count). The minimum Gasteiger partial charge on any atom is -0.183 e. The van der Waals surface area contributed by atoms with E-state index in [4.69, 9.17) is 12.2 Å². The zero-order valence-corrected chi connectivity index (χ0v) is 13.8. The molecule has 0 saturated heterocycles. The maximum absolute atomic E-state index is 5.63. The van der Waals surface area contributed by atoms with Crippen molar-refractivity contribution in [2.45, 2.75) is 0 Å². The van der Waals surface area contributed by atoms with Gasteiger partial charge >= 0.3 is 4.77 Å². The van der Waals surface area contributed by atoms with Crippen molar-refractivity contribution in [2.75, 3.05) is 0 Å². The number of aromatic nitrogens is 3. The van der Waals surface area contributed by atoms with Gasteiger partial charge in [0, 0.05) is 0 Å². The van der Waals surface area contributed by atoms with Gasteiger partial charge in [-0.05, 0) is 48.6 Å². The van der Waals surface area contributed by atoms with Crippen LogP contribution in [0.1, 0.15) is 0 Å². The molecular weight excluding hydrogens is 317 g/mol. The van der Waals surface area contributed by atoms with Gasteiger partial charge in [0.2, 0.25) is 0 Å². The van der Waals surface area contributed by atoms with E-state index in [1.807, 2.05) is 59.3 Å². The van der Waals surface area contributed by atoms with Gasteiger partial charge in [-0.25, -0.2) is 0 Å². The van der Waals surface area contributed by atoms with Crippen molar-refractivity contribution < 1.29 is 4.57 Å². The molecule has 0 unspecified atom stereocenters. The second kappa shape index (κ2) is 6.26. The molecule has 0 spiro atoms. The Kier molecular flexibility index (Phi) is 3.81. The summed E-state index contributed by atoms with van der Waals surface area (Å²) in [7, 11) is 0. The Balaban J connectivity index is 2.05. The summed E-state index contributed by atoms with van der Waals surface area (Å²) >= 11 is 5.63. The van der Waals surface area contributed by atoms with E-state index in [1.54, 1.807) is 0 Å². The average Bonchev–Trinajstić information content (AvgIpc) is 3.01. The molecule has 0 aliphatic carbocycles. The van der Waals surface area contributed by atoms with E-state index < -0.39 is 0 Å². The minimum atomic E-state index is 0.656. The first-order valence-electron chi connectivity index (χ1n) is 7.78. The number of nitrogens with one attached hydrogen (secondary N) is 1. The number of rotatable bonds is 3. The lowest BCUT2D eigenvalue weighted by molar-refractivity contribution is -0.591. The largest absolute Gasteiger partial charge is 0.329 e. The van der Waals surface area contributed by atoms with Gasteiger partial charge in [0.15, 0.2) is 0 Å². The topological polar surface area (TPSA) is 24.6 Å². The molecule has 3 aromatic carbocycles. The molecule has 24 heavy (non-hydrogen) atoms. The normalized spacial score (nSPS) is 10.7. The Hall–Kier alpha value is -2.98. The third kappa shape index (κ3) is 2.57. The standard InChI is InChI=1S/C20H15N3S/c24-20-21-23(18-14-8-3-9-15-18)19(16-10-4-1-5-11-16)22(20)17-12-6-2-7-13-17/h1-15H/p+1/i21+1,22+1,23+1. The number of benzene rings is 3. The molecule has 4 heteroatoms. The summed E-state index contributed by atoms with van der Waals surface area (Å²) in [5, 5.41) is 3.32. The molecule has 0 aliphatic rings. The summed E-state index contributed by atoms with van der Waals surface area (Å²) in [6.07, 6.45) is 0. The predicted octanol–water partition coefficient (Wildman–Crippen LogP) is 4.48. The van der Waals surface area contributed by atoms with E-state index in [-0.39, 0.29) is 0 Å². The molecule has 0 aliphatic heterocycles. The number of hydrogen-bond donors (Lipinski definition) is 1. The summed E-state index contributed by atoms with van der Waals surface area (Å²) in [5.74, 6) is 0.998. The highest BCUT2D eigenvalue weighted by molar-refractivity contribution is 7.71. The van der Waals surface area contributed by atoms with Gasteiger partial charge in [0.05, 0.1) is 5.56 Å². The lowest BCUT2D eigenvalue weighted by Crippen LogP contribution is -2.33. The second-order valence-electron chi connectivity index (χ2n) is 5.45. The number of nitrogens with zero attached hydrogens (tertiary/aromatic N) is 2. The van der Waals surface area contributed by atoms with Crippen LogP contribution in [0.25, 0.3) is 22.8 Å². The molecule has 116 valence electrons. The van der Waals surface area contributed by atoms with E-state index >= 15 is 0 Å². The van der Waals surface area contributed by atoms with Crippen molar-refractivity contribution in [3.63, 3.8) is 0 Å². The molecule has 4 aromatic rings. The Morgan fingerprint density at radius 3 is 1.88 bits per heavy atom. The van der Waals surface area contributed by atoms with Gasteiger partial charge in [-0.2, -0.15) is 4.57 Å². The van der Waals surface area contributed by atoms with Crippen molar-refractivity contribution in [1.29, 1.82) is 0 Å². The van der Waals surface area contributed by atoms with Gasteiger partial charge in [-0.15, -0.1) is 9.78 Å². The lowest BCUT2D eigenvalue weighted by Gasteiger charge is -2.05. The molecule has 3 nitrogen and oxygen atoms in total. The van der Waals surface area contributed by atoms with E-state index in [0.717, 1.165) is 22.8 Å². The third-order valence-corrected chi connectivity index (χ3v) is 4.17. The fraction of sp³-hybridized carbons (Fsp3) is 0. The molecule has 1 N–H and O–H groups in total. The van der Waals surface area contributed by atoms with Crippen LogP contribution in [0, 0.1) is 4.77 Å². The zero-order chi connectivity index (χ0) is 16.4. The Morgan fingerprint density at radius 2 is 1.25 bits per heavy atom. The Bertz CT molecular complexity index is 1000. The molecule has 0 bridgehead atoms. The van der Waals surface area contributed by atoms with Crippen molar-refractivity contribution in [2.24, 2.45) is 0 Å². The second-order valence-corrected chi connectivity index (χ2v) is 5.84. The van der Waals surface area contributed by atoms with Crippen molar-refractivity contribution >= 4 is 12.2 Å². The highest BCUT2D eigenvalue weighted by Crippen LogP contribution is 2.20. The molecule has 0 saturated carbocycles. The zero-order valence-electron chi connectivity index (χ0n) is 13.0. The van der Waals surface area contributed by atoms with E-state index in [9.17, 15) is 0 Å². The Morgan fingerprint density at radius 1 is 0.708 bits per heavy atom. The van der Waals surface area contributed by atoms with Crippen LogP contribution in [0.3, 0.4) is 0 Å². The van der Waals surface area contributed by atoms with Gasteiger partial charge in [0.25, 0.3) is 5.82 Å². The van der Waals surface area contributed by atoms with Gasteiger partial charge in [0.1, 0.15) is 11.4 Å². The van der Waals surface area contributed by atoms with Crippen LogP contribution in [-0.2, 0) is 0 Å². The van der Waals surface area contributed by atoms with Crippen LogP contribution in [-0.4, -0.2) is 9.78 Å². The highest BCUT2D eigenvalue weighted by Gasteiger charge is 2.23. The van der Waals surface area contributed by atoms with Crippen LogP contribution in [0.5, 0.6) is 0 Å². The van der Waals surface area contributed by atoms with Crippen LogP contribution in [0.4, 0.5) is 0 Å². The van der Waals surface area contributed by atoms with E-state index in [0.29, 0.717) is 4.77 Å². The predicted molar refractivity (Wildman–Crippen MR) is 97.9 cm³/mol. The summed E-state index contributed by atoms with van der Waals surface area (Å²) in [6, 6.07) is 30.6. The van der Waals surface area contributed by atoms with Gasteiger partial charge in [-0.3, -0.25) is 0 Å². The minimum absolute atomic E-state index is 0.656. The molecule has 1 aromatic heterocycles. The molecule has 0 fully saturated rings. The fourth-order valence-corrected chi connectivity index (χ4v) is 3.10. The van der Waals surface area contributed by atoms with Crippen LogP contribution >= 0.6 is 12.2 Å². The van der Waals surface area contributed by atoms with Crippen LogP contribution in [0.2, 0.25) is 0 Å². The smallest absolute Gasteiger partial charge is 0.183 e. The fourth-order valence-electron chi connectivity index (χ4n) is 2.82. The summed E-state index contributed by atoms with van der Waals surface area (Å²) in [6.45, 7) is 0. The lowest BCUT2D eigenvalue weighted by atomic mass is 10.2. The Labute approximate surface area is 145 Å². The number of para-hydroxylation sites is 2. The van der Waals surface area contributed by atoms with Crippen molar-refractivity contribution in [3.8, 4) is 22.8 Å². The first kappa shape index (κ1) is 14.6. The molecule has 0 radical (unpaired) electrons. The third-order valence-electron chi connectivity index (χ3n) is 3.89. The number of aromatic amines is 1. The monoisotopic (exact) mass is 333 g/mol. The van der Waals surface area contributed by atoms with Crippen molar-refractivity contribution in [1.82, 2.24) is 9.78 Å². The van der Waals surface area contributed by atoms with Crippen LogP contribution in [0.15, 0.2) is 91.0 Å². The first-order chi connectivity index (χ1) is 11.8. The highest BCUT2D eigenvalue weighted by atomic mass is 32.1. The average molecular weight is 333 g/mol. The van der Waals surface area contributed by atoms with Crippen molar-refractivity contribution in [3.05, 3.63) is 95.8 Å². The first-order valence-corrected chi connectivity index (χ1v) is 8.19. The number of H-pyrrole nitrogens is 1. The quantitative estimate of drug-likeness (QED) is 0.434. The maximum atomic E-state index is 5.63. The molecule has 0 atom stereocenters. The maximum Gasteiger partial charge on any atom is 0.329 e. The van der Waals surface area contributed by atoms with Gasteiger partial charge in [-0.1, -0.05) is 54.6 Å². The van der Waals surface area contributed by atoms with E-state index in [2.05, 4.69) is 46.1 Å². The number of hydrogen-bond acceptors (Lipinski definition) is 1.